The van der Waals surface area contributed by atoms with Gasteiger partial charge in [-0.3, -0.25) is 0 Å². The van der Waals surface area contributed by atoms with E-state index < -0.39 is 6.10 Å². The van der Waals surface area contributed by atoms with Crippen LogP contribution < -0.4 is 0 Å². The highest BCUT2D eigenvalue weighted by molar-refractivity contribution is 5.75. The number of hydrogen-bond donors (Lipinski definition) is 2. The first-order valence-electron chi connectivity index (χ1n) is 3.62. The molecule has 0 aliphatic rings. The predicted molar refractivity (Wildman–Crippen MR) is 42.1 cm³/mol. The zero-order chi connectivity index (χ0) is 8.69. The van der Waals surface area contributed by atoms with Gasteiger partial charge in [-0.25, -0.2) is 0 Å². The van der Waals surface area contributed by atoms with E-state index in [4.69, 9.17) is 10.2 Å². The normalized spacial score (nSPS) is 13.7. The summed E-state index contributed by atoms with van der Waals surface area (Å²) in [6.45, 7) is 1.26. The molecule has 0 radical (unpaired) electrons. The first kappa shape index (κ1) is 10.3. The summed E-state index contributed by atoms with van der Waals surface area (Å²) < 4.78 is 0. The molecule has 0 aromatic carbocycles. The third-order valence-electron chi connectivity index (χ3n) is 1.21. The number of allylic oxidation sites excluding steroid dienone is 1. The molecular weight excluding hydrogens is 144 g/mol. The smallest absolute Gasteiger partial charge is 0.130 e. The van der Waals surface area contributed by atoms with Gasteiger partial charge in [0.05, 0.1) is 12.7 Å². The van der Waals surface area contributed by atoms with Crippen molar-refractivity contribution in [3.8, 4) is 0 Å². The van der Waals surface area contributed by atoms with Crippen LogP contribution in [-0.2, 0) is 4.79 Å². The van der Waals surface area contributed by atoms with Crippen LogP contribution >= 0.6 is 0 Å². The van der Waals surface area contributed by atoms with Crippen molar-refractivity contribution in [1.29, 1.82) is 0 Å². The van der Waals surface area contributed by atoms with E-state index in [1.807, 2.05) is 0 Å². The molecule has 0 spiro atoms. The van der Waals surface area contributed by atoms with E-state index in [-0.39, 0.29) is 12.4 Å². The van der Waals surface area contributed by atoms with Crippen LogP contribution in [-0.4, -0.2) is 28.7 Å². The Morgan fingerprint density at radius 1 is 1.64 bits per heavy atom. The van der Waals surface area contributed by atoms with Crippen LogP contribution in [0.1, 0.15) is 19.8 Å². The lowest BCUT2D eigenvalue weighted by Gasteiger charge is -1.97. The number of carbonyl (C=O) groups is 1. The number of rotatable bonds is 5. The summed E-state index contributed by atoms with van der Waals surface area (Å²) in [4.78, 5) is 10.4. The summed E-state index contributed by atoms with van der Waals surface area (Å²) >= 11 is 0. The summed E-state index contributed by atoms with van der Waals surface area (Å²) in [6, 6.07) is 0. The fourth-order valence-corrected chi connectivity index (χ4v) is 0.601. The lowest BCUT2D eigenvalue weighted by Crippen LogP contribution is -2.06. The molecule has 0 aliphatic carbocycles. The molecule has 1 unspecified atom stereocenters. The van der Waals surface area contributed by atoms with Gasteiger partial charge in [-0.2, -0.15) is 0 Å². The minimum atomic E-state index is -0.790. The Bertz CT molecular complexity index is 140. The van der Waals surface area contributed by atoms with Crippen molar-refractivity contribution < 1.29 is 15.0 Å². The Labute approximate surface area is 66.4 Å². The van der Waals surface area contributed by atoms with Crippen molar-refractivity contribution in [1.82, 2.24) is 0 Å². The zero-order valence-electron chi connectivity index (χ0n) is 6.66. The average Bonchev–Trinajstić information content (AvgIpc) is 1.97. The molecule has 0 amide bonds. The second-order valence-electron chi connectivity index (χ2n) is 2.42. The van der Waals surface area contributed by atoms with E-state index in [0.717, 1.165) is 0 Å². The molecule has 0 aliphatic heterocycles. The molecule has 1 atom stereocenters. The molecule has 0 aromatic heterocycles. The number of ketones is 1. The molecule has 0 rings (SSSR count). The molecule has 0 saturated carbocycles. The first-order chi connectivity index (χ1) is 5.16. The van der Waals surface area contributed by atoms with Crippen molar-refractivity contribution in [2.24, 2.45) is 0 Å². The Hall–Kier alpha value is -0.670. The van der Waals surface area contributed by atoms with Crippen LogP contribution in [0.2, 0.25) is 0 Å². The Morgan fingerprint density at radius 3 is 2.73 bits per heavy atom. The van der Waals surface area contributed by atoms with E-state index in [9.17, 15) is 4.79 Å². The summed E-state index contributed by atoms with van der Waals surface area (Å²) in [5, 5.41) is 17.2. The van der Waals surface area contributed by atoms with E-state index >= 15 is 0 Å². The molecule has 0 heterocycles. The number of carbonyl (C=O) groups excluding carboxylic acids is 1. The van der Waals surface area contributed by atoms with Gasteiger partial charge in [0.25, 0.3) is 0 Å². The standard InChI is InChI=1S/C8H14O3/c1-7(10)4-2-3-5-8(11)6-9/h3,5,8-9,11H,2,4,6H2,1H3. The van der Waals surface area contributed by atoms with Gasteiger partial charge in [-0.15, -0.1) is 0 Å². The number of aliphatic hydroxyl groups excluding tert-OH is 2. The van der Waals surface area contributed by atoms with Gasteiger partial charge >= 0.3 is 0 Å². The lowest BCUT2D eigenvalue weighted by atomic mass is 10.2. The van der Waals surface area contributed by atoms with Crippen LogP contribution in [0.25, 0.3) is 0 Å². The molecule has 0 fully saturated rings. The van der Waals surface area contributed by atoms with Gasteiger partial charge in [0.15, 0.2) is 0 Å². The minimum absolute atomic E-state index is 0.133. The maximum Gasteiger partial charge on any atom is 0.130 e. The van der Waals surface area contributed by atoms with Gasteiger partial charge in [-0.1, -0.05) is 12.2 Å². The number of Topliss-reactive ketones (excluding diaryl/α,β-unsaturated/α-hetero) is 1. The van der Waals surface area contributed by atoms with Crippen LogP contribution in [0, 0.1) is 0 Å². The summed E-state index contributed by atoms with van der Waals surface area (Å²) in [7, 11) is 0. The monoisotopic (exact) mass is 158 g/mol. The van der Waals surface area contributed by atoms with Gasteiger partial charge in [-0.05, 0) is 13.3 Å². The van der Waals surface area contributed by atoms with Crippen molar-refractivity contribution in [3.05, 3.63) is 12.2 Å². The second kappa shape index (κ2) is 6.07. The predicted octanol–water partition coefficient (Wildman–Crippen LogP) is 0.265. The van der Waals surface area contributed by atoms with Crippen molar-refractivity contribution >= 4 is 5.78 Å². The third kappa shape index (κ3) is 7.22. The molecule has 64 valence electrons. The zero-order valence-corrected chi connectivity index (χ0v) is 6.66. The van der Waals surface area contributed by atoms with Crippen molar-refractivity contribution in [3.63, 3.8) is 0 Å². The fraction of sp³-hybridized carbons (Fsp3) is 0.625. The number of hydrogen-bond acceptors (Lipinski definition) is 3. The Kier molecular flexibility index (Phi) is 5.70. The highest BCUT2D eigenvalue weighted by Gasteiger charge is 1.93. The maximum absolute atomic E-state index is 10.4. The van der Waals surface area contributed by atoms with Gasteiger partial charge in [0, 0.05) is 6.42 Å². The van der Waals surface area contributed by atoms with Gasteiger partial charge in [0.1, 0.15) is 5.78 Å². The largest absolute Gasteiger partial charge is 0.393 e. The lowest BCUT2D eigenvalue weighted by molar-refractivity contribution is -0.116. The summed E-state index contributed by atoms with van der Waals surface area (Å²) in [6.07, 6.45) is 3.52. The third-order valence-corrected chi connectivity index (χ3v) is 1.21. The summed E-state index contributed by atoms with van der Waals surface area (Å²) in [5.74, 6) is 0.133. The van der Waals surface area contributed by atoms with Gasteiger partial charge < -0.3 is 15.0 Å². The fourth-order valence-electron chi connectivity index (χ4n) is 0.601. The first-order valence-corrected chi connectivity index (χ1v) is 3.62. The highest BCUT2D eigenvalue weighted by atomic mass is 16.3. The molecule has 0 aromatic rings. The molecule has 3 heteroatoms. The van der Waals surface area contributed by atoms with Crippen molar-refractivity contribution in [2.45, 2.75) is 25.9 Å². The summed E-state index contributed by atoms with van der Waals surface area (Å²) in [5.41, 5.74) is 0. The number of aliphatic hydroxyl groups is 2. The van der Waals surface area contributed by atoms with Crippen molar-refractivity contribution in [2.75, 3.05) is 6.61 Å². The molecule has 0 bridgehead atoms. The average molecular weight is 158 g/mol. The highest BCUT2D eigenvalue weighted by Crippen LogP contribution is 1.93. The maximum atomic E-state index is 10.4. The van der Waals surface area contributed by atoms with Gasteiger partial charge in [0.2, 0.25) is 0 Å². The molecule has 3 nitrogen and oxygen atoms in total. The van der Waals surface area contributed by atoms with E-state index in [0.29, 0.717) is 12.8 Å². The minimum Gasteiger partial charge on any atom is -0.393 e. The van der Waals surface area contributed by atoms with E-state index in [1.165, 1.54) is 13.0 Å². The molecule has 0 saturated heterocycles. The molecular formula is C8H14O3. The molecule has 11 heavy (non-hydrogen) atoms. The van der Waals surface area contributed by atoms with E-state index in [2.05, 4.69) is 0 Å². The Balaban J connectivity index is 3.36. The van der Waals surface area contributed by atoms with E-state index in [1.54, 1.807) is 6.08 Å². The van der Waals surface area contributed by atoms with Crippen LogP contribution in [0.5, 0.6) is 0 Å². The molecule has 2 N–H and O–H groups in total. The van der Waals surface area contributed by atoms with Crippen LogP contribution in [0.15, 0.2) is 12.2 Å². The Morgan fingerprint density at radius 2 is 2.27 bits per heavy atom. The SMILES string of the molecule is CC(=O)CCC=CC(O)CO. The topological polar surface area (TPSA) is 57.5 Å². The second-order valence-corrected chi connectivity index (χ2v) is 2.42. The van der Waals surface area contributed by atoms with Crippen LogP contribution in [0.3, 0.4) is 0 Å². The quantitative estimate of drug-likeness (QED) is 0.564. The van der Waals surface area contributed by atoms with Crippen LogP contribution in [0.4, 0.5) is 0 Å².